The van der Waals surface area contributed by atoms with Gasteiger partial charge in [-0.25, -0.2) is 4.79 Å². The van der Waals surface area contributed by atoms with Gasteiger partial charge in [-0.2, -0.15) is 18.2 Å². The second kappa shape index (κ2) is 10.1. The summed E-state index contributed by atoms with van der Waals surface area (Å²) in [6.45, 7) is 7.32. The van der Waals surface area contributed by atoms with E-state index in [1.165, 1.54) is 12.1 Å². The van der Waals surface area contributed by atoms with Crippen molar-refractivity contribution in [2.75, 3.05) is 0 Å². The quantitative estimate of drug-likeness (QED) is 0.303. The number of nitrogens with one attached hydrogen (secondary N) is 1. The van der Waals surface area contributed by atoms with Crippen LogP contribution >= 0.6 is 0 Å². The third-order valence-electron chi connectivity index (χ3n) is 5.47. The number of halogens is 3. The number of nitrogens with zero attached hydrogens (tertiary/aromatic N) is 2. The van der Waals surface area contributed by atoms with Crippen LogP contribution in [0.2, 0.25) is 0 Å². The van der Waals surface area contributed by atoms with Crippen LogP contribution in [-0.4, -0.2) is 21.8 Å². The SMILES string of the molecule is Cc1ccccc1-c1ccc(-c2nc(-c3cccc(COC(=O)NC(C)(C)C)c3)no2)cc1C(F)(F)F. The smallest absolute Gasteiger partial charge is 0.417 e. The summed E-state index contributed by atoms with van der Waals surface area (Å²) < 4.78 is 52.5. The molecule has 1 heterocycles. The molecule has 1 N–H and O–H groups in total. The average molecular weight is 510 g/mol. The molecule has 0 radical (unpaired) electrons. The van der Waals surface area contributed by atoms with E-state index >= 15 is 0 Å². The molecule has 192 valence electrons. The molecule has 0 saturated carbocycles. The highest BCUT2D eigenvalue weighted by molar-refractivity contribution is 5.74. The van der Waals surface area contributed by atoms with E-state index in [-0.39, 0.29) is 29.4 Å². The van der Waals surface area contributed by atoms with Crippen LogP contribution in [0.15, 0.2) is 71.3 Å². The number of carbonyl (C=O) groups excluding carboxylic acids is 1. The molecule has 3 aromatic carbocycles. The first-order valence-corrected chi connectivity index (χ1v) is 11.6. The van der Waals surface area contributed by atoms with Crippen LogP contribution in [0.4, 0.5) is 18.0 Å². The fourth-order valence-corrected chi connectivity index (χ4v) is 3.77. The van der Waals surface area contributed by atoms with Crippen LogP contribution in [0, 0.1) is 6.92 Å². The van der Waals surface area contributed by atoms with E-state index in [9.17, 15) is 18.0 Å². The van der Waals surface area contributed by atoms with Crippen molar-refractivity contribution in [1.29, 1.82) is 0 Å². The van der Waals surface area contributed by atoms with E-state index < -0.39 is 23.4 Å². The number of rotatable bonds is 5. The summed E-state index contributed by atoms with van der Waals surface area (Å²) in [5, 5.41) is 6.66. The van der Waals surface area contributed by atoms with Gasteiger partial charge in [-0.3, -0.25) is 0 Å². The number of hydrogen-bond acceptors (Lipinski definition) is 5. The Labute approximate surface area is 212 Å². The van der Waals surface area contributed by atoms with Gasteiger partial charge in [0, 0.05) is 16.7 Å². The second-order valence-electron chi connectivity index (χ2n) is 9.65. The molecule has 4 rings (SSSR count). The second-order valence-corrected chi connectivity index (χ2v) is 9.65. The number of benzene rings is 3. The van der Waals surface area contributed by atoms with Crippen molar-refractivity contribution in [3.05, 3.63) is 83.4 Å². The molecule has 37 heavy (non-hydrogen) atoms. The predicted molar refractivity (Wildman–Crippen MR) is 133 cm³/mol. The number of alkyl halides is 3. The van der Waals surface area contributed by atoms with Gasteiger partial charge in [0.25, 0.3) is 5.89 Å². The zero-order chi connectivity index (χ0) is 26.8. The summed E-state index contributed by atoms with van der Waals surface area (Å²) >= 11 is 0. The van der Waals surface area contributed by atoms with E-state index in [0.29, 0.717) is 16.7 Å². The van der Waals surface area contributed by atoms with E-state index in [0.717, 1.165) is 11.6 Å². The van der Waals surface area contributed by atoms with Crippen LogP contribution in [0.3, 0.4) is 0 Å². The van der Waals surface area contributed by atoms with Gasteiger partial charge < -0.3 is 14.6 Å². The molecule has 0 unspecified atom stereocenters. The third kappa shape index (κ3) is 6.35. The van der Waals surface area contributed by atoms with Crippen molar-refractivity contribution >= 4 is 6.09 Å². The Morgan fingerprint density at radius 3 is 2.41 bits per heavy atom. The molecule has 9 heteroatoms. The van der Waals surface area contributed by atoms with Crippen LogP contribution in [-0.2, 0) is 17.5 Å². The van der Waals surface area contributed by atoms with Crippen LogP contribution in [0.5, 0.6) is 0 Å². The lowest BCUT2D eigenvalue weighted by atomic mass is 9.94. The maximum absolute atomic E-state index is 14.0. The summed E-state index contributed by atoms with van der Waals surface area (Å²) in [5.41, 5.74) is 1.52. The molecule has 0 aliphatic heterocycles. The summed E-state index contributed by atoms with van der Waals surface area (Å²) in [5.74, 6) is 0.163. The Morgan fingerprint density at radius 2 is 1.70 bits per heavy atom. The third-order valence-corrected chi connectivity index (χ3v) is 5.47. The van der Waals surface area contributed by atoms with E-state index in [4.69, 9.17) is 9.26 Å². The Hall–Kier alpha value is -4.14. The van der Waals surface area contributed by atoms with Crippen LogP contribution < -0.4 is 5.32 Å². The van der Waals surface area contributed by atoms with Crippen molar-refractivity contribution < 1.29 is 27.2 Å². The van der Waals surface area contributed by atoms with Gasteiger partial charge in [-0.05, 0) is 68.1 Å². The largest absolute Gasteiger partial charge is 0.445 e. The maximum atomic E-state index is 14.0. The fourth-order valence-electron chi connectivity index (χ4n) is 3.77. The Kier molecular flexibility index (Phi) is 7.07. The highest BCUT2D eigenvalue weighted by Gasteiger charge is 2.34. The van der Waals surface area contributed by atoms with Crippen LogP contribution in [0.1, 0.15) is 37.5 Å². The fraction of sp³-hybridized carbons (Fsp3) is 0.250. The molecular formula is C28H26F3N3O3. The van der Waals surface area contributed by atoms with Crippen molar-refractivity contribution in [1.82, 2.24) is 15.5 Å². The molecule has 6 nitrogen and oxygen atoms in total. The van der Waals surface area contributed by atoms with E-state index in [2.05, 4.69) is 15.5 Å². The maximum Gasteiger partial charge on any atom is 0.417 e. The van der Waals surface area contributed by atoms with Gasteiger partial charge in [0.15, 0.2) is 0 Å². The number of aromatic nitrogens is 2. The number of carbonyl (C=O) groups is 1. The lowest BCUT2D eigenvalue weighted by molar-refractivity contribution is -0.137. The minimum absolute atomic E-state index is 0.0236. The van der Waals surface area contributed by atoms with Gasteiger partial charge in [-0.15, -0.1) is 0 Å². The average Bonchev–Trinajstić information content (AvgIpc) is 3.32. The summed E-state index contributed by atoms with van der Waals surface area (Å²) in [6.07, 6.45) is -5.13. The highest BCUT2D eigenvalue weighted by Crippen LogP contribution is 2.40. The highest BCUT2D eigenvalue weighted by atomic mass is 19.4. The number of hydrogen-bond donors (Lipinski definition) is 1. The van der Waals surface area contributed by atoms with Crippen LogP contribution in [0.25, 0.3) is 34.0 Å². The molecule has 0 aliphatic rings. The minimum Gasteiger partial charge on any atom is -0.445 e. The summed E-state index contributed by atoms with van der Waals surface area (Å²) in [4.78, 5) is 16.2. The summed E-state index contributed by atoms with van der Waals surface area (Å²) in [6, 6.07) is 17.9. The monoisotopic (exact) mass is 509 g/mol. The van der Waals surface area contributed by atoms with E-state index in [1.54, 1.807) is 55.5 Å². The molecule has 0 spiro atoms. The van der Waals surface area contributed by atoms with Gasteiger partial charge in [0.1, 0.15) is 6.61 Å². The number of ether oxygens (including phenoxy) is 1. The van der Waals surface area contributed by atoms with Crippen molar-refractivity contribution in [3.8, 4) is 34.0 Å². The molecule has 0 aliphatic carbocycles. The predicted octanol–water partition coefficient (Wildman–Crippen LogP) is 7.42. The van der Waals surface area contributed by atoms with Crippen molar-refractivity contribution in [2.45, 2.75) is 46.0 Å². The van der Waals surface area contributed by atoms with Gasteiger partial charge in [0.05, 0.1) is 5.56 Å². The molecule has 0 fully saturated rings. The molecule has 4 aromatic rings. The molecule has 1 aromatic heterocycles. The normalized spacial score (nSPS) is 11.9. The Morgan fingerprint density at radius 1 is 0.946 bits per heavy atom. The van der Waals surface area contributed by atoms with E-state index in [1.807, 2.05) is 20.8 Å². The Bertz CT molecular complexity index is 1420. The molecular weight excluding hydrogens is 483 g/mol. The first-order chi connectivity index (χ1) is 17.4. The molecule has 1 amide bonds. The lowest BCUT2D eigenvalue weighted by Gasteiger charge is -2.19. The number of amides is 1. The zero-order valence-corrected chi connectivity index (χ0v) is 20.8. The lowest BCUT2D eigenvalue weighted by Crippen LogP contribution is -2.40. The van der Waals surface area contributed by atoms with Gasteiger partial charge >= 0.3 is 12.3 Å². The standard InChI is InChI=1S/C28H26F3N3O3/c1-17-8-5-6-11-21(17)22-13-12-20(15-23(22)28(29,30)31)25-32-24(34-37-25)19-10-7-9-18(14-19)16-36-26(35)33-27(2,3)4/h5-15H,16H2,1-4H3,(H,33,35). The van der Waals surface area contributed by atoms with Gasteiger partial charge in [0.2, 0.25) is 5.82 Å². The minimum atomic E-state index is -4.58. The molecule has 0 atom stereocenters. The Balaban J connectivity index is 1.59. The zero-order valence-electron chi connectivity index (χ0n) is 20.8. The van der Waals surface area contributed by atoms with Crippen molar-refractivity contribution in [3.63, 3.8) is 0 Å². The molecule has 0 saturated heterocycles. The summed E-state index contributed by atoms with van der Waals surface area (Å²) in [7, 11) is 0. The first-order valence-electron chi connectivity index (χ1n) is 11.6. The molecule has 0 bridgehead atoms. The first kappa shape index (κ1) is 25.9. The van der Waals surface area contributed by atoms with Crippen molar-refractivity contribution in [2.24, 2.45) is 0 Å². The number of aryl methyl sites for hydroxylation is 1. The van der Waals surface area contributed by atoms with Gasteiger partial charge in [-0.1, -0.05) is 53.7 Å². The number of alkyl carbamates (subject to hydrolysis) is 1. The topological polar surface area (TPSA) is 77.2 Å².